The van der Waals surface area contributed by atoms with Crippen molar-refractivity contribution in [1.82, 2.24) is 0 Å². The molecule has 3 rings (SSSR count). The summed E-state index contributed by atoms with van der Waals surface area (Å²) >= 11 is 0. The van der Waals surface area contributed by atoms with Crippen molar-refractivity contribution in [2.24, 2.45) is 0 Å². The van der Waals surface area contributed by atoms with Gasteiger partial charge in [0.25, 0.3) is 0 Å². The van der Waals surface area contributed by atoms with Gasteiger partial charge >= 0.3 is 7.32 Å². The number of benzene rings is 3. The van der Waals surface area contributed by atoms with Crippen molar-refractivity contribution in [3.05, 3.63) is 89.5 Å². The van der Waals surface area contributed by atoms with Crippen molar-refractivity contribution in [3.63, 3.8) is 0 Å². The molecule has 0 amide bonds. The molecule has 0 fully saturated rings. The Hall–Kier alpha value is -1.97. The van der Waals surface area contributed by atoms with E-state index in [0.717, 1.165) is 0 Å². The van der Waals surface area contributed by atoms with Crippen LogP contribution in [0.25, 0.3) is 0 Å². The molecule has 0 bridgehead atoms. The maximum atomic E-state index is 7.17. The molecule has 5 heteroatoms. The quantitative estimate of drug-likeness (QED) is 0.493. The van der Waals surface area contributed by atoms with E-state index in [4.69, 9.17) is 15.1 Å². The minimum Gasteiger partial charge on any atom is -0.402 e. The summed E-state index contributed by atoms with van der Waals surface area (Å²) in [5.41, 5.74) is 4.13. The molecule has 0 spiro atoms. The highest BCUT2D eigenvalue weighted by atomic mass is 31.1. The third-order valence-corrected chi connectivity index (χ3v) is 7.02. The van der Waals surface area contributed by atoms with Crippen molar-refractivity contribution in [2.75, 3.05) is 0 Å². The molecule has 0 atom stereocenters. The van der Waals surface area contributed by atoms with E-state index in [2.05, 4.69) is 93.6 Å². The van der Waals surface area contributed by atoms with E-state index in [-0.39, 0.29) is 0 Å². The lowest BCUT2D eigenvalue weighted by Gasteiger charge is -2.24. The maximum Gasteiger partial charge on any atom is 0.631 e. The molecular formula is C21H24BO3P. The Morgan fingerprint density at radius 2 is 0.769 bits per heavy atom. The number of rotatable bonds is 3. The summed E-state index contributed by atoms with van der Waals surface area (Å²) in [6.07, 6.45) is 0. The molecule has 3 aromatic rings. The van der Waals surface area contributed by atoms with E-state index in [0.29, 0.717) is 0 Å². The van der Waals surface area contributed by atoms with Gasteiger partial charge in [-0.3, -0.25) is 0 Å². The van der Waals surface area contributed by atoms with Crippen LogP contribution in [0.5, 0.6) is 0 Å². The fourth-order valence-corrected chi connectivity index (χ4v) is 5.60. The Labute approximate surface area is 156 Å². The van der Waals surface area contributed by atoms with E-state index in [1.54, 1.807) is 0 Å². The van der Waals surface area contributed by atoms with Crippen molar-refractivity contribution in [1.29, 1.82) is 0 Å². The first-order chi connectivity index (χ1) is 12.4. The molecule has 0 aromatic heterocycles. The molecule has 0 radical (unpaired) electrons. The third-order valence-electron chi connectivity index (χ3n) is 4.07. The molecule has 3 N–H and O–H groups in total. The van der Waals surface area contributed by atoms with Crippen LogP contribution in [0, 0.1) is 20.8 Å². The Bertz CT molecular complexity index is 741. The first-order valence-corrected chi connectivity index (χ1v) is 9.77. The zero-order valence-electron chi connectivity index (χ0n) is 15.3. The van der Waals surface area contributed by atoms with Crippen LogP contribution in [0.2, 0.25) is 0 Å². The summed E-state index contributed by atoms with van der Waals surface area (Å²) in [4.78, 5) is 0. The number of hydrogen-bond acceptors (Lipinski definition) is 3. The summed E-state index contributed by atoms with van der Waals surface area (Å²) in [6, 6.07) is 26.4. The van der Waals surface area contributed by atoms with Crippen LogP contribution >= 0.6 is 7.92 Å². The molecule has 26 heavy (non-hydrogen) atoms. The monoisotopic (exact) mass is 366 g/mol. The van der Waals surface area contributed by atoms with Crippen LogP contribution in [-0.4, -0.2) is 22.4 Å². The Morgan fingerprint density at radius 3 is 1.00 bits per heavy atom. The fourth-order valence-electron chi connectivity index (χ4n) is 2.83. The molecule has 0 saturated heterocycles. The second-order valence-electron chi connectivity index (χ2n) is 6.04. The first kappa shape index (κ1) is 20.3. The van der Waals surface area contributed by atoms with Gasteiger partial charge in [-0.05, 0) is 61.3 Å². The zero-order chi connectivity index (χ0) is 19.1. The van der Waals surface area contributed by atoms with Crippen LogP contribution in [0.3, 0.4) is 0 Å². The van der Waals surface area contributed by atoms with Gasteiger partial charge < -0.3 is 15.1 Å². The largest absolute Gasteiger partial charge is 0.631 e. The van der Waals surface area contributed by atoms with Crippen molar-refractivity contribution in [2.45, 2.75) is 20.8 Å². The van der Waals surface area contributed by atoms with Gasteiger partial charge in [-0.2, -0.15) is 0 Å². The van der Waals surface area contributed by atoms with Crippen LogP contribution < -0.4 is 15.9 Å². The van der Waals surface area contributed by atoms with E-state index in [1.165, 1.54) is 32.6 Å². The van der Waals surface area contributed by atoms with Gasteiger partial charge in [0.05, 0.1) is 0 Å². The van der Waals surface area contributed by atoms with Gasteiger partial charge in [0, 0.05) is 0 Å². The molecule has 0 aliphatic rings. The summed E-state index contributed by atoms with van der Waals surface area (Å²) in [7, 11) is -2.68. The van der Waals surface area contributed by atoms with Crippen molar-refractivity contribution >= 4 is 31.2 Å². The van der Waals surface area contributed by atoms with Gasteiger partial charge in [0.1, 0.15) is 0 Å². The molecule has 0 aliphatic carbocycles. The average Bonchev–Trinajstić information content (AvgIpc) is 2.59. The molecule has 3 nitrogen and oxygen atoms in total. The van der Waals surface area contributed by atoms with Gasteiger partial charge in [-0.25, -0.2) is 0 Å². The molecular weight excluding hydrogens is 342 g/mol. The van der Waals surface area contributed by atoms with Crippen LogP contribution in [0.1, 0.15) is 16.7 Å². The molecule has 3 aromatic carbocycles. The second kappa shape index (κ2) is 9.66. The summed E-state index contributed by atoms with van der Waals surface area (Å²) in [5, 5.41) is 25.9. The van der Waals surface area contributed by atoms with Crippen LogP contribution in [-0.2, 0) is 0 Å². The van der Waals surface area contributed by atoms with Gasteiger partial charge in [0.15, 0.2) is 0 Å². The fraction of sp³-hybridized carbons (Fsp3) is 0.143. The number of aryl methyl sites for hydroxylation is 3. The summed E-state index contributed by atoms with van der Waals surface area (Å²) < 4.78 is 0. The van der Waals surface area contributed by atoms with Crippen molar-refractivity contribution < 1.29 is 15.1 Å². The Balaban J connectivity index is 0.000000552. The van der Waals surface area contributed by atoms with Crippen LogP contribution in [0.4, 0.5) is 0 Å². The topological polar surface area (TPSA) is 60.7 Å². The zero-order valence-corrected chi connectivity index (χ0v) is 16.2. The standard InChI is InChI=1S/C21H21P.BH3O3/c1-16-10-4-7-13-19(16)22(20-14-8-5-11-17(20)2)21-15-9-6-12-18(21)3;2-1(3)4/h4-15H,1-3H3;2-4H. The van der Waals surface area contributed by atoms with E-state index in [1.807, 2.05) is 0 Å². The lowest BCUT2D eigenvalue weighted by Crippen LogP contribution is -2.25. The molecule has 134 valence electrons. The van der Waals surface area contributed by atoms with Gasteiger partial charge in [-0.1, -0.05) is 72.8 Å². The lowest BCUT2D eigenvalue weighted by molar-refractivity contribution is 0.278. The molecule has 0 saturated carbocycles. The van der Waals surface area contributed by atoms with Gasteiger partial charge in [-0.15, -0.1) is 0 Å². The SMILES string of the molecule is Cc1ccccc1P(c1ccccc1C)c1ccccc1C.OB(O)O. The summed E-state index contributed by atoms with van der Waals surface area (Å²) in [6.45, 7) is 6.67. The summed E-state index contributed by atoms with van der Waals surface area (Å²) in [5.74, 6) is 0. The van der Waals surface area contributed by atoms with Crippen LogP contribution in [0.15, 0.2) is 72.8 Å². The lowest BCUT2D eigenvalue weighted by atomic mass is 10.2. The van der Waals surface area contributed by atoms with E-state index >= 15 is 0 Å². The highest BCUT2D eigenvalue weighted by Crippen LogP contribution is 2.36. The Kier molecular flexibility index (Phi) is 7.56. The van der Waals surface area contributed by atoms with E-state index in [9.17, 15) is 0 Å². The maximum absolute atomic E-state index is 7.17. The second-order valence-corrected chi connectivity index (χ2v) is 8.16. The minimum atomic E-state index is -2.17. The van der Waals surface area contributed by atoms with Crippen molar-refractivity contribution in [3.8, 4) is 0 Å². The normalized spacial score (nSPS) is 10.3. The highest BCUT2D eigenvalue weighted by molar-refractivity contribution is 7.80. The smallest absolute Gasteiger partial charge is 0.402 e. The predicted octanol–water partition coefficient (Wildman–Crippen LogP) is 2.32. The Morgan fingerprint density at radius 1 is 0.538 bits per heavy atom. The highest BCUT2D eigenvalue weighted by Gasteiger charge is 2.20. The molecule has 0 unspecified atom stereocenters. The first-order valence-electron chi connectivity index (χ1n) is 8.43. The minimum absolute atomic E-state index is 0.508. The molecule has 0 heterocycles. The number of hydrogen-bond donors (Lipinski definition) is 3. The van der Waals surface area contributed by atoms with E-state index < -0.39 is 15.2 Å². The average molecular weight is 366 g/mol. The third kappa shape index (κ3) is 5.26. The molecule has 0 aliphatic heterocycles. The van der Waals surface area contributed by atoms with Gasteiger partial charge in [0.2, 0.25) is 0 Å². The predicted molar refractivity (Wildman–Crippen MR) is 112 cm³/mol.